The Bertz CT molecular complexity index is 445. The number of hydrogen-bond acceptors (Lipinski definition) is 4. The van der Waals surface area contributed by atoms with Gasteiger partial charge in [0.1, 0.15) is 6.61 Å². The molecule has 0 bridgehead atoms. The molecule has 1 aromatic rings. The smallest absolute Gasteiger partial charge is 0.270 e. The summed E-state index contributed by atoms with van der Waals surface area (Å²) in [6.45, 7) is 2.70. The van der Waals surface area contributed by atoms with Gasteiger partial charge in [0.15, 0.2) is 5.78 Å². The van der Waals surface area contributed by atoms with E-state index in [0.717, 1.165) is 12.8 Å². The zero-order chi connectivity index (χ0) is 14.8. The third-order valence-electron chi connectivity index (χ3n) is 3.00. The number of hydrogen-bond donors (Lipinski definition) is 0. The zero-order valence-electron chi connectivity index (χ0n) is 11.8. The van der Waals surface area contributed by atoms with E-state index in [2.05, 4.69) is 6.92 Å². The maximum absolute atomic E-state index is 11.8. The molecule has 1 rings (SSSR count). The quantitative estimate of drug-likeness (QED) is 0.283. The Kier molecular flexibility index (Phi) is 7.50. The van der Waals surface area contributed by atoms with Crippen LogP contribution in [0.2, 0.25) is 0 Å². The van der Waals surface area contributed by atoms with Crippen LogP contribution in [0.1, 0.15) is 49.4 Å². The number of Topliss-reactive ketones (excluding diaryl/α,β-unsaturated/α-hetero) is 1. The summed E-state index contributed by atoms with van der Waals surface area (Å²) in [5.41, 5.74) is 0.251. The second kappa shape index (κ2) is 9.20. The molecule has 0 saturated heterocycles. The second-order valence-electron chi connectivity index (χ2n) is 4.70. The molecule has 0 aliphatic carbocycles. The van der Waals surface area contributed by atoms with Crippen molar-refractivity contribution >= 4 is 11.5 Å². The van der Waals surface area contributed by atoms with Gasteiger partial charge in [0.25, 0.3) is 5.69 Å². The Balaban J connectivity index is 2.29. The van der Waals surface area contributed by atoms with Gasteiger partial charge in [-0.15, -0.1) is 0 Å². The Hall–Kier alpha value is -1.75. The third kappa shape index (κ3) is 5.93. The molecule has 0 unspecified atom stereocenters. The molecule has 0 fully saturated rings. The van der Waals surface area contributed by atoms with Crippen molar-refractivity contribution in [3.05, 3.63) is 39.9 Å². The van der Waals surface area contributed by atoms with Crippen LogP contribution in [0.5, 0.6) is 0 Å². The van der Waals surface area contributed by atoms with Gasteiger partial charge in [-0.1, -0.05) is 44.7 Å². The van der Waals surface area contributed by atoms with Gasteiger partial charge in [-0.2, -0.15) is 0 Å². The molecule has 0 atom stereocenters. The summed E-state index contributed by atoms with van der Waals surface area (Å²) in [4.78, 5) is 21.9. The Morgan fingerprint density at radius 2 is 2.00 bits per heavy atom. The molecule has 0 N–H and O–H groups in total. The normalized spacial score (nSPS) is 10.4. The summed E-state index contributed by atoms with van der Waals surface area (Å²) >= 11 is 0. The average Bonchev–Trinajstić information content (AvgIpc) is 2.46. The van der Waals surface area contributed by atoms with Crippen LogP contribution in [0.4, 0.5) is 5.69 Å². The maximum atomic E-state index is 11.8. The molecule has 0 aromatic heterocycles. The highest BCUT2D eigenvalue weighted by atomic mass is 16.6. The maximum Gasteiger partial charge on any atom is 0.270 e. The van der Waals surface area contributed by atoms with Gasteiger partial charge < -0.3 is 4.74 Å². The third-order valence-corrected chi connectivity index (χ3v) is 3.00. The average molecular weight is 279 g/mol. The number of nitro groups is 1. The highest BCUT2D eigenvalue weighted by Crippen LogP contribution is 2.13. The molecular weight excluding hydrogens is 258 g/mol. The molecular formula is C15H21NO4. The number of ketones is 1. The van der Waals surface area contributed by atoms with Crippen LogP contribution in [0, 0.1) is 10.1 Å². The number of nitrogens with zero attached hydrogens (tertiary/aromatic N) is 1. The minimum absolute atomic E-state index is 0.0189. The number of benzene rings is 1. The molecule has 1 aromatic carbocycles. The number of carbonyl (C=O) groups excluding carboxylic acids is 1. The van der Waals surface area contributed by atoms with Crippen molar-refractivity contribution in [1.29, 1.82) is 0 Å². The molecule has 5 nitrogen and oxygen atoms in total. The standard InChI is InChI=1S/C15H21NO4/c1-2-3-4-5-6-10-20-12-15(17)13-8-7-9-14(11-13)16(18)19/h7-9,11H,2-6,10,12H2,1H3. The van der Waals surface area contributed by atoms with Gasteiger partial charge in [0.05, 0.1) is 4.92 Å². The molecule has 0 heterocycles. The lowest BCUT2D eigenvalue weighted by Gasteiger charge is -2.04. The summed E-state index contributed by atoms with van der Waals surface area (Å²) in [5, 5.41) is 10.6. The van der Waals surface area contributed by atoms with Gasteiger partial charge in [-0.05, 0) is 6.42 Å². The Labute approximate surface area is 119 Å². The number of unbranched alkanes of at least 4 members (excludes halogenated alkanes) is 4. The van der Waals surface area contributed by atoms with Crippen LogP contribution >= 0.6 is 0 Å². The van der Waals surface area contributed by atoms with Crippen molar-refractivity contribution in [1.82, 2.24) is 0 Å². The molecule has 0 aliphatic heterocycles. The summed E-state index contributed by atoms with van der Waals surface area (Å²) in [7, 11) is 0. The number of nitro benzene ring substituents is 1. The van der Waals surface area contributed by atoms with E-state index in [1.165, 1.54) is 37.5 Å². The molecule has 0 radical (unpaired) electrons. The van der Waals surface area contributed by atoms with Crippen LogP contribution in [-0.4, -0.2) is 23.9 Å². The van der Waals surface area contributed by atoms with Crippen molar-refractivity contribution in [3.63, 3.8) is 0 Å². The largest absolute Gasteiger partial charge is 0.373 e. The lowest BCUT2D eigenvalue weighted by molar-refractivity contribution is -0.384. The summed E-state index contributed by atoms with van der Waals surface area (Å²) in [6, 6.07) is 5.73. The van der Waals surface area contributed by atoms with Crippen molar-refractivity contribution in [2.45, 2.75) is 39.0 Å². The predicted molar refractivity (Wildman–Crippen MR) is 77.0 cm³/mol. The topological polar surface area (TPSA) is 69.4 Å². The predicted octanol–water partition coefficient (Wildman–Crippen LogP) is 3.76. The summed E-state index contributed by atoms with van der Waals surface area (Å²) in [6.07, 6.45) is 5.68. The molecule has 5 heteroatoms. The highest BCUT2D eigenvalue weighted by molar-refractivity contribution is 5.97. The SMILES string of the molecule is CCCCCCCOCC(=O)c1cccc([N+](=O)[O-])c1. The number of ether oxygens (including phenoxy) is 1. The van der Waals surface area contributed by atoms with Crippen molar-refractivity contribution in [2.24, 2.45) is 0 Å². The lowest BCUT2D eigenvalue weighted by Crippen LogP contribution is -2.10. The van der Waals surface area contributed by atoms with E-state index in [1.807, 2.05) is 0 Å². The van der Waals surface area contributed by atoms with E-state index in [9.17, 15) is 14.9 Å². The fraction of sp³-hybridized carbons (Fsp3) is 0.533. The van der Waals surface area contributed by atoms with Crippen LogP contribution in [0.25, 0.3) is 0 Å². The van der Waals surface area contributed by atoms with E-state index < -0.39 is 4.92 Å². The van der Waals surface area contributed by atoms with E-state index in [1.54, 1.807) is 6.07 Å². The number of non-ortho nitro benzene ring substituents is 1. The lowest BCUT2D eigenvalue weighted by atomic mass is 10.1. The van der Waals surface area contributed by atoms with Gasteiger partial charge in [-0.25, -0.2) is 0 Å². The van der Waals surface area contributed by atoms with Crippen molar-refractivity contribution < 1.29 is 14.5 Å². The first-order valence-electron chi connectivity index (χ1n) is 7.00. The van der Waals surface area contributed by atoms with Crippen LogP contribution in [0.3, 0.4) is 0 Å². The first kappa shape index (κ1) is 16.3. The fourth-order valence-electron chi connectivity index (χ4n) is 1.85. The second-order valence-corrected chi connectivity index (χ2v) is 4.70. The number of rotatable bonds is 10. The molecule has 20 heavy (non-hydrogen) atoms. The molecule has 0 aliphatic rings. The van der Waals surface area contributed by atoms with Gasteiger partial charge in [0, 0.05) is 24.3 Å². The van der Waals surface area contributed by atoms with E-state index >= 15 is 0 Å². The minimum atomic E-state index is -0.509. The van der Waals surface area contributed by atoms with E-state index in [4.69, 9.17) is 4.74 Å². The summed E-state index contributed by atoms with van der Waals surface area (Å²) in [5.74, 6) is -0.220. The molecule has 110 valence electrons. The van der Waals surface area contributed by atoms with Gasteiger partial charge in [-0.3, -0.25) is 14.9 Å². The van der Waals surface area contributed by atoms with Crippen molar-refractivity contribution in [2.75, 3.05) is 13.2 Å². The Morgan fingerprint density at radius 1 is 1.25 bits per heavy atom. The zero-order valence-corrected chi connectivity index (χ0v) is 11.8. The van der Waals surface area contributed by atoms with Gasteiger partial charge >= 0.3 is 0 Å². The van der Waals surface area contributed by atoms with Crippen LogP contribution < -0.4 is 0 Å². The first-order valence-corrected chi connectivity index (χ1v) is 7.00. The van der Waals surface area contributed by atoms with Crippen LogP contribution in [0.15, 0.2) is 24.3 Å². The summed E-state index contributed by atoms with van der Waals surface area (Å²) < 4.78 is 5.31. The Morgan fingerprint density at radius 3 is 2.70 bits per heavy atom. The molecule has 0 amide bonds. The fourth-order valence-corrected chi connectivity index (χ4v) is 1.85. The molecule has 0 spiro atoms. The monoisotopic (exact) mass is 279 g/mol. The highest BCUT2D eigenvalue weighted by Gasteiger charge is 2.11. The number of carbonyl (C=O) groups is 1. The van der Waals surface area contributed by atoms with Gasteiger partial charge in [0.2, 0.25) is 0 Å². The van der Waals surface area contributed by atoms with Crippen LogP contribution in [-0.2, 0) is 4.74 Å². The first-order chi connectivity index (χ1) is 9.65. The van der Waals surface area contributed by atoms with E-state index in [-0.39, 0.29) is 18.1 Å². The van der Waals surface area contributed by atoms with E-state index in [0.29, 0.717) is 12.2 Å². The van der Waals surface area contributed by atoms with Crippen molar-refractivity contribution in [3.8, 4) is 0 Å². The minimum Gasteiger partial charge on any atom is -0.373 e. The molecule has 0 saturated carbocycles.